The van der Waals surface area contributed by atoms with E-state index in [1.54, 1.807) is 18.6 Å². The average Bonchev–Trinajstić information content (AvgIpc) is 2.16. The Bertz CT molecular complexity index is 329. The third-order valence-corrected chi connectivity index (χ3v) is 3.42. The molecule has 16 heavy (non-hydrogen) atoms. The Balaban J connectivity index is 4.61. The minimum atomic E-state index is -3.97. The van der Waals surface area contributed by atoms with Crippen LogP contribution < -0.4 is 9.44 Å². The number of aliphatic hydroxyl groups excluding tert-OH is 1. The topological polar surface area (TPSA) is 105 Å². The molecule has 0 bridgehead atoms. The maximum Gasteiger partial charge on any atom is 0.421 e. The van der Waals surface area contributed by atoms with Crippen LogP contribution in [0.3, 0.4) is 0 Å². The Morgan fingerprint density at radius 2 is 2.06 bits per heavy atom. The van der Waals surface area contributed by atoms with Crippen molar-refractivity contribution in [3.63, 3.8) is 0 Å². The normalized spacial score (nSPS) is 15.2. The SMILES string of the molecule is CCC(C)(CCO)NS(=O)(=O)NC(=O)OC. The van der Waals surface area contributed by atoms with Gasteiger partial charge < -0.3 is 9.84 Å². The van der Waals surface area contributed by atoms with Crippen molar-refractivity contribution >= 4 is 16.3 Å². The third kappa shape index (κ3) is 5.29. The molecule has 0 spiro atoms. The van der Waals surface area contributed by atoms with Crippen molar-refractivity contribution in [2.75, 3.05) is 13.7 Å². The van der Waals surface area contributed by atoms with Crippen LogP contribution in [0.15, 0.2) is 0 Å². The Labute approximate surface area is 95.4 Å². The molecule has 1 atom stereocenters. The number of methoxy groups -OCH3 is 1. The van der Waals surface area contributed by atoms with Crippen LogP contribution in [-0.2, 0) is 14.9 Å². The largest absolute Gasteiger partial charge is 0.452 e. The molecule has 0 saturated heterocycles. The van der Waals surface area contributed by atoms with Crippen LogP contribution in [0.1, 0.15) is 26.7 Å². The number of carbonyl (C=O) groups excluding carboxylic acids is 1. The summed E-state index contributed by atoms with van der Waals surface area (Å²) >= 11 is 0. The van der Waals surface area contributed by atoms with Gasteiger partial charge in [-0.2, -0.15) is 13.1 Å². The summed E-state index contributed by atoms with van der Waals surface area (Å²) in [5.74, 6) is 0. The zero-order chi connectivity index (χ0) is 12.8. The number of amides is 1. The number of nitrogens with one attached hydrogen (secondary N) is 2. The van der Waals surface area contributed by atoms with Crippen LogP contribution in [0.5, 0.6) is 0 Å². The molecule has 0 radical (unpaired) electrons. The molecule has 0 aliphatic rings. The zero-order valence-corrected chi connectivity index (χ0v) is 10.4. The van der Waals surface area contributed by atoms with Gasteiger partial charge in [0.15, 0.2) is 0 Å². The number of aliphatic hydroxyl groups is 1. The molecule has 0 aromatic rings. The van der Waals surface area contributed by atoms with Crippen molar-refractivity contribution in [2.24, 2.45) is 0 Å². The summed E-state index contributed by atoms with van der Waals surface area (Å²) in [5.41, 5.74) is -0.797. The minimum absolute atomic E-state index is 0.148. The molecule has 8 heteroatoms. The smallest absolute Gasteiger partial charge is 0.421 e. The van der Waals surface area contributed by atoms with Gasteiger partial charge >= 0.3 is 16.3 Å². The van der Waals surface area contributed by atoms with E-state index in [9.17, 15) is 13.2 Å². The van der Waals surface area contributed by atoms with E-state index in [0.29, 0.717) is 6.42 Å². The first kappa shape index (κ1) is 15.1. The zero-order valence-electron chi connectivity index (χ0n) is 9.61. The molecule has 0 fully saturated rings. The van der Waals surface area contributed by atoms with Crippen LogP contribution in [0.4, 0.5) is 4.79 Å². The summed E-state index contributed by atoms with van der Waals surface area (Å²) in [5, 5.41) is 8.81. The van der Waals surface area contributed by atoms with Gasteiger partial charge in [-0.15, -0.1) is 0 Å². The van der Waals surface area contributed by atoms with E-state index in [-0.39, 0.29) is 13.0 Å². The van der Waals surface area contributed by atoms with Gasteiger partial charge in [0.2, 0.25) is 0 Å². The summed E-state index contributed by atoms with van der Waals surface area (Å²) in [4.78, 5) is 10.8. The predicted octanol–water partition coefficient (Wildman–Crippen LogP) is -0.272. The summed E-state index contributed by atoms with van der Waals surface area (Å²) in [6.45, 7) is 3.27. The standard InChI is InChI=1S/C8H18N2O5S/c1-4-8(2,5-6-11)10-16(13,14)9-7(12)15-3/h10-11H,4-6H2,1-3H3,(H,9,12). The highest BCUT2D eigenvalue weighted by atomic mass is 32.2. The second kappa shape index (κ2) is 6.02. The van der Waals surface area contributed by atoms with E-state index < -0.39 is 21.8 Å². The van der Waals surface area contributed by atoms with Gasteiger partial charge in [-0.25, -0.2) is 9.52 Å². The molecule has 0 rings (SSSR count). The molecule has 1 unspecified atom stereocenters. The van der Waals surface area contributed by atoms with Gasteiger partial charge in [0.25, 0.3) is 0 Å². The van der Waals surface area contributed by atoms with E-state index in [0.717, 1.165) is 7.11 Å². The van der Waals surface area contributed by atoms with Crippen molar-refractivity contribution < 1.29 is 23.1 Å². The first-order valence-electron chi connectivity index (χ1n) is 4.79. The van der Waals surface area contributed by atoms with E-state index >= 15 is 0 Å². The van der Waals surface area contributed by atoms with Crippen molar-refractivity contribution in [3.05, 3.63) is 0 Å². The highest BCUT2D eigenvalue weighted by molar-refractivity contribution is 7.88. The fourth-order valence-electron chi connectivity index (χ4n) is 1.05. The lowest BCUT2D eigenvalue weighted by Gasteiger charge is -2.28. The molecule has 0 aromatic carbocycles. The lowest BCUT2D eigenvalue weighted by atomic mass is 9.97. The fraction of sp³-hybridized carbons (Fsp3) is 0.875. The van der Waals surface area contributed by atoms with Crippen molar-refractivity contribution in [1.29, 1.82) is 0 Å². The first-order chi connectivity index (χ1) is 7.28. The number of hydrogen-bond donors (Lipinski definition) is 3. The number of rotatable bonds is 6. The second-order valence-electron chi connectivity index (χ2n) is 3.59. The third-order valence-electron chi connectivity index (χ3n) is 2.23. The highest BCUT2D eigenvalue weighted by Gasteiger charge is 2.28. The summed E-state index contributed by atoms with van der Waals surface area (Å²) in [7, 11) is -2.90. The van der Waals surface area contributed by atoms with E-state index in [2.05, 4.69) is 9.46 Å². The quantitative estimate of drug-likeness (QED) is 0.605. The van der Waals surface area contributed by atoms with Gasteiger partial charge in [-0.3, -0.25) is 0 Å². The summed E-state index contributed by atoms with van der Waals surface area (Å²) in [6, 6.07) is 0. The van der Waals surface area contributed by atoms with Gasteiger partial charge in [-0.1, -0.05) is 6.92 Å². The molecule has 0 aliphatic heterocycles. The van der Waals surface area contributed by atoms with E-state index in [1.807, 2.05) is 0 Å². The summed E-state index contributed by atoms with van der Waals surface area (Å²) in [6.07, 6.45) is -0.323. The second-order valence-corrected chi connectivity index (χ2v) is 5.00. The van der Waals surface area contributed by atoms with E-state index in [1.165, 1.54) is 0 Å². The Morgan fingerprint density at radius 3 is 2.44 bits per heavy atom. The van der Waals surface area contributed by atoms with Crippen LogP contribution in [-0.4, -0.2) is 38.9 Å². The van der Waals surface area contributed by atoms with Crippen molar-refractivity contribution in [2.45, 2.75) is 32.2 Å². The highest BCUT2D eigenvalue weighted by Crippen LogP contribution is 2.14. The van der Waals surface area contributed by atoms with Gasteiger partial charge in [0, 0.05) is 12.1 Å². The van der Waals surface area contributed by atoms with Crippen LogP contribution in [0.2, 0.25) is 0 Å². The average molecular weight is 254 g/mol. The van der Waals surface area contributed by atoms with E-state index in [4.69, 9.17) is 5.11 Å². The van der Waals surface area contributed by atoms with Crippen molar-refractivity contribution in [1.82, 2.24) is 9.44 Å². The number of ether oxygens (including phenoxy) is 1. The van der Waals surface area contributed by atoms with Gasteiger partial charge in [0.05, 0.1) is 7.11 Å². The van der Waals surface area contributed by atoms with Gasteiger partial charge in [-0.05, 0) is 19.8 Å². The molecule has 0 heterocycles. The molecule has 0 saturated carbocycles. The molecule has 1 amide bonds. The first-order valence-corrected chi connectivity index (χ1v) is 6.27. The number of carbonyl (C=O) groups is 1. The molecule has 0 aromatic heterocycles. The molecule has 3 N–H and O–H groups in total. The van der Waals surface area contributed by atoms with Crippen LogP contribution in [0, 0.1) is 0 Å². The Hall–Kier alpha value is -0.860. The predicted molar refractivity (Wildman–Crippen MR) is 58.0 cm³/mol. The summed E-state index contributed by atoms with van der Waals surface area (Å²) < 4.78 is 31.0. The van der Waals surface area contributed by atoms with Crippen molar-refractivity contribution in [3.8, 4) is 0 Å². The lowest BCUT2D eigenvalue weighted by molar-refractivity contribution is 0.177. The maximum absolute atomic E-state index is 11.4. The van der Waals surface area contributed by atoms with Gasteiger partial charge in [0.1, 0.15) is 0 Å². The minimum Gasteiger partial charge on any atom is -0.452 e. The molecular weight excluding hydrogens is 236 g/mol. The van der Waals surface area contributed by atoms with Crippen LogP contribution in [0.25, 0.3) is 0 Å². The Kier molecular flexibility index (Phi) is 5.70. The lowest BCUT2D eigenvalue weighted by Crippen LogP contribution is -2.51. The molecule has 0 aliphatic carbocycles. The fourth-order valence-corrected chi connectivity index (χ4v) is 2.30. The maximum atomic E-state index is 11.4. The monoisotopic (exact) mass is 254 g/mol. The van der Waals surface area contributed by atoms with Crippen LogP contribution >= 0.6 is 0 Å². The molecular formula is C8H18N2O5S. The Morgan fingerprint density at radius 1 is 1.50 bits per heavy atom. The molecule has 7 nitrogen and oxygen atoms in total. The number of hydrogen-bond acceptors (Lipinski definition) is 5. The molecule has 96 valence electrons.